The summed E-state index contributed by atoms with van der Waals surface area (Å²) in [6, 6.07) is 9.04. The lowest BCUT2D eigenvalue weighted by Gasteiger charge is -2.31. The molecule has 7 heteroatoms. The van der Waals surface area contributed by atoms with Gasteiger partial charge in [-0.25, -0.2) is 0 Å². The van der Waals surface area contributed by atoms with Crippen LogP contribution in [0.2, 0.25) is 0 Å². The van der Waals surface area contributed by atoms with Crippen molar-refractivity contribution < 1.29 is 19.1 Å². The van der Waals surface area contributed by atoms with E-state index in [0.29, 0.717) is 36.8 Å². The fourth-order valence-electron chi connectivity index (χ4n) is 3.61. The van der Waals surface area contributed by atoms with Crippen LogP contribution < -0.4 is 20.1 Å². The largest absolute Gasteiger partial charge is 0.486 e. The van der Waals surface area contributed by atoms with Gasteiger partial charge in [0.25, 0.3) is 0 Å². The lowest BCUT2D eigenvalue weighted by atomic mass is 9.95. The Morgan fingerprint density at radius 3 is 2.63 bits per heavy atom. The summed E-state index contributed by atoms with van der Waals surface area (Å²) in [6.45, 7) is 1.64. The van der Waals surface area contributed by atoms with Gasteiger partial charge in [0.05, 0.1) is 6.42 Å². The molecule has 0 unspecified atom stereocenters. The summed E-state index contributed by atoms with van der Waals surface area (Å²) in [5.41, 5.74) is 8.45. The fraction of sp³-hybridized carbons (Fsp3) is 0.300. The molecule has 4 rings (SSSR count). The molecular weight excluding hydrogens is 412 g/mol. The maximum atomic E-state index is 13.0. The maximum absolute atomic E-state index is 13.0. The Balaban J connectivity index is 1.62. The van der Waals surface area contributed by atoms with Crippen LogP contribution in [0.4, 0.5) is 5.69 Å². The maximum Gasteiger partial charge on any atom is 0.249 e. The molecule has 2 aromatic carbocycles. The highest BCUT2D eigenvalue weighted by atomic mass is 79.9. The molecule has 0 saturated heterocycles. The van der Waals surface area contributed by atoms with Crippen LogP contribution in [0.1, 0.15) is 27.9 Å². The van der Waals surface area contributed by atoms with Gasteiger partial charge in [-0.1, -0.05) is 22.0 Å². The molecule has 0 aliphatic carbocycles. The van der Waals surface area contributed by atoms with E-state index in [1.807, 2.05) is 18.2 Å². The summed E-state index contributed by atoms with van der Waals surface area (Å²) < 4.78 is 12.0. The molecular formula is C20H19BrN2O4. The molecule has 2 amide bonds. The number of hydrogen-bond acceptors (Lipinski definition) is 4. The minimum atomic E-state index is -0.462. The second-order valence-corrected chi connectivity index (χ2v) is 7.43. The summed E-state index contributed by atoms with van der Waals surface area (Å²) >= 11 is 3.52. The molecule has 2 N–H and O–H groups in total. The average Bonchev–Trinajstić information content (AvgIpc) is 2.67. The number of amides is 2. The second kappa shape index (κ2) is 7.23. The summed E-state index contributed by atoms with van der Waals surface area (Å²) in [7, 11) is 0. The molecule has 0 aromatic heterocycles. The van der Waals surface area contributed by atoms with Gasteiger partial charge in [-0.3, -0.25) is 9.59 Å². The Labute approximate surface area is 165 Å². The SMILES string of the molecule is NC(=O)c1cccc2c1CCCN2C(=O)Cc1cc2c(cc1Br)OCCO2. The first-order valence-corrected chi connectivity index (χ1v) is 9.64. The molecule has 2 aliphatic heterocycles. The number of nitrogens with zero attached hydrogens (tertiary/aromatic N) is 1. The number of carbonyl (C=O) groups excluding carboxylic acids is 2. The normalized spacial score (nSPS) is 15.2. The van der Waals surface area contributed by atoms with Gasteiger partial charge in [-0.2, -0.15) is 0 Å². The van der Waals surface area contributed by atoms with Crippen molar-refractivity contribution >= 4 is 33.4 Å². The van der Waals surface area contributed by atoms with E-state index in [1.54, 1.807) is 17.0 Å². The van der Waals surface area contributed by atoms with Crippen molar-refractivity contribution in [2.45, 2.75) is 19.3 Å². The molecule has 2 heterocycles. The van der Waals surface area contributed by atoms with E-state index in [0.717, 1.165) is 34.1 Å². The van der Waals surface area contributed by atoms with Crippen LogP contribution in [0.25, 0.3) is 0 Å². The monoisotopic (exact) mass is 430 g/mol. The average molecular weight is 431 g/mol. The highest BCUT2D eigenvalue weighted by Crippen LogP contribution is 2.36. The van der Waals surface area contributed by atoms with Crippen molar-refractivity contribution in [2.75, 3.05) is 24.7 Å². The van der Waals surface area contributed by atoms with Gasteiger partial charge in [-0.15, -0.1) is 0 Å². The second-order valence-electron chi connectivity index (χ2n) is 6.58. The Morgan fingerprint density at radius 1 is 1.15 bits per heavy atom. The number of nitrogens with two attached hydrogens (primary N) is 1. The van der Waals surface area contributed by atoms with E-state index in [-0.39, 0.29) is 12.3 Å². The van der Waals surface area contributed by atoms with Crippen molar-refractivity contribution in [3.63, 3.8) is 0 Å². The number of primary amides is 1. The van der Waals surface area contributed by atoms with Crippen LogP contribution in [-0.4, -0.2) is 31.6 Å². The van der Waals surface area contributed by atoms with E-state index in [4.69, 9.17) is 15.2 Å². The fourth-order valence-corrected chi connectivity index (χ4v) is 4.08. The van der Waals surface area contributed by atoms with Crippen molar-refractivity contribution in [3.8, 4) is 11.5 Å². The zero-order chi connectivity index (χ0) is 19.0. The highest BCUT2D eigenvalue weighted by molar-refractivity contribution is 9.10. The van der Waals surface area contributed by atoms with E-state index in [9.17, 15) is 9.59 Å². The molecule has 140 valence electrons. The van der Waals surface area contributed by atoms with Gasteiger partial charge in [0.1, 0.15) is 13.2 Å². The molecule has 0 atom stereocenters. The molecule has 0 saturated carbocycles. The summed E-state index contributed by atoms with van der Waals surface area (Å²) in [5, 5.41) is 0. The van der Waals surface area contributed by atoms with Crippen LogP contribution >= 0.6 is 15.9 Å². The molecule has 0 fully saturated rings. The molecule has 2 aromatic rings. The Morgan fingerprint density at radius 2 is 1.89 bits per heavy atom. The summed E-state index contributed by atoms with van der Waals surface area (Å²) in [5.74, 6) is 0.840. The van der Waals surface area contributed by atoms with E-state index >= 15 is 0 Å². The van der Waals surface area contributed by atoms with Crippen LogP contribution in [0, 0.1) is 0 Å². The molecule has 27 heavy (non-hydrogen) atoms. The number of anilines is 1. The van der Waals surface area contributed by atoms with Gasteiger partial charge < -0.3 is 20.1 Å². The van der Waals surface area contributed by atoms with Crippen molar-refractivity contribution in [1.82, 2.24) is 0 Å². The van der Waals surface area contributed by atoms with Crippen LogP contribution in [0.3, 0.4) is 0 Å². The topological polar surface area (TPSA) is 81.9 Å². The van der Waals surface area contributed by atoms with Crippen molar-refractivity contribution in [3.05, 3.63) is 51.5 Å². The first kappa shape index (κ1) is 17.9. The molecule has 6 nitrogen and oxygen atoms in total. The Hall–Kier alpha value is -2.54. The summed E-state index contributed by atoms with van der Waals surface area (Å²) in [4.78, 5) is 26.5. The van der Waals surface area contributed by atoms with Crippen LogP contribution in [-0.2, 0) is 17.6 Å². The number of ether oxygens (including phenoxy) is 2. The Kier molecular flexibility index (Phi) is 4.78. The van der Waals surface area contributed by atoms with Gasteiger partial charge in [0.2, 0.25) is 11.8 Å². The van der Waals surface area contributed by atoms with Gasteiger partial charge in [-0.05, 0) is 48.2 Å². The minimum absolute atomic E-state index is 0.0325. The highest BCUT2D eigenvalue weighted by Gasteiger charge is 2.26. The van der Waals surface area contributed by atoms with E-state index < -0.39 is 5.91 Å². The minimum Gasteiger partial charge on any atom is -0.486 e. The standard InChI is InChI=1S/C20H19BrN2O4/c21-15-11-18-17(26-7-8-27-18)9-12(15)10-19(24)23-6-2-4-13-14(20(22)25)3-1-5-16(13)23/h1,3,5,9,11H,2,4,6-8,10H2,(H2,22,25). The Bertz CT molecular complexity index is 928. The molecule has 0 radical (unpaired) electrons. The number of carbonyl (C=O) groups is 2. The molecule has 2 aliphatic rings. The summed E-state index contributed by atoms with van der Waals surface area (Å²) in [6.07, 6.45) is 1.76. The number of fused-ring (bicyclic) bond motifs is 2. The zero-order valence-corrected chi connectivity index (χ0v) is 16.3. The molecule has 0 spiro atoms. The first-order valence-electron chi connectivity index (χ1n) is 8.84. The van der Waals surface area contributed by atoms with Gasteiger partial charge in [0, 0.05) is 22.3 Å². The first-order chi connectivity index (χ1) is 13.0. The third-order valence-electron chi connectivity index (χ3n) is 4.87. The van der Waals surface area contributed by atoms with Crippen LogP contribution in [0.15, 0.2) is 34.8 Å². The van der Waals surface area contributed by atoms with Crippen molar-refractivity contribution in [1.29, 1.82) is 0 Å². The number of benzene rings is 2. The lowest BCUT2D eigenvalue weighted by Crippen LogP contribution is -2.37. The van der Waals surface area contributed by atoms with Gasteiger partial charge in [0.15, 0.2) is 11.5 Å². The number of hydrogen-bond donors (Lipinski definition) is 1. The smallest absolute Gasteiger partial charge is 0.249 e. The third kappa shape index (κ3) is 3.39. The van der Waals surface area contributed by atoms with E-state index in [1.165, 1.54) is 0 Å². The third-order valence-corrected chi connectivity index (χ3v) is 5.61. The van der Waals surface area contributed by atoms with Crippen LogP contribution in [0.5, 0.6) is 11.5 Å². The van der Waals surface area contributed by atoms with Gasteiger partial charge >= 0.3 is 0 Å². The van der Waals surface area contributed by atoms with Crippen molar-refractivity contribution in [2.24, 2.45) is 5.73 Å². The predicted molar refractivity (Wildman–Crippen MR) is 104 cm³/mol. The number of rotatable bonds is 3. The van der Waals surface area contributed by atoms with E-state index in [2.05, 4.69) is 15.9 Å². The molecule has 0 bridgehead atoms. The zero-order valence-electron chi connectivity index (χ0n) is 14.7. The lowest BCUT2D eigenvalue weighted by molar-refractivity contribution is -0.118. The number of halogens is 1. The quantitative estimate of drug-likeness (QED) is 0.811. The predicted octanol–water partition coefficient (Wildman–Crippen LogP) is 2.84.